The van der Waals surface area contributed by atoms with Crippen molar-refractivity contribution in [2.45, 2.75) is 31.6 Å². The molecule has 4 heteroatoms. The third-order valence-electron chi connectivity index (χ3n) is 3.39. The largest absolute Gasteiger partial charge is 0.496 e. The van der Waals surface area contributed by atoms with Crippen LogP contribution in [0.2, 0.25) is 0 Å². The van der Waals surface area contributed by atoms with Crippen LogP contribution in [0, 0.1) is 0 Å². The summed E-state index contributed by atoms with van der Waals surface area (Å²) in [6, 6.07) is 6.20. The number of nitrogens with zero attached hydrogens (tertiary/aromatic N) is 1. The molecular weight excluding hydrogens is 274 g/mol. The van der Waals surface area contributed by atoms with E-state index in [4.69, 9.17) is 21.4 Å². The van der Waals surface area contributed by atoms with Crippen molar-refractivity contribution in [1.29, 1.82) is 0 Å². The number of aliphatic hydroxyl groups is 1. The van der Waals surface area contributed by atoms with E-state index in [1.165, 1.54) is 5.56 Å². The van der Waals surface area contributed by atoms with Crippen molar-refractivity contribution in [1.82, 2.24) is 4.90 Å². The number of hydrogen-bond acceptors (Lipinski definition) is 3. The highest BCUT2D eigenvalue weighted by Crippen LogP contribution is 2.34. The molecule has 1 atom stereocenters. The number of halogens is 1. The Bertz CT molecular complexity index is 429. The van der Waals surface area contributed by atoms with Gasteiger partial charge >= 0.3 is 0 Å². The van der Waals surface area contributed by atoms with E-state index in [9.17, 15) is 0 Å². The molecule has 0 saturated heterocycles. The Kier molecular flexibility index (Phi) is 6.31. The first-order chi connectivity index (χ1) is 9.29. The minimum absolute atomic E-state index is 0.0780. The summed E-state index contributed by atoms with van der Waals surface area (Å²) in [5.74, 6) is 0.815. The molecule has 0 aromatic heterocycles. The molecule has 0 bridgehead atoms. The monoisotopic (exact) mass is 299 g/mol. The van der Waals surface area contributed by atoms with Gasteiger partial charge in [-0.2, -0.15) is 0 Å². The fraction of sp³-hybridized carbons (Fsp3) is 0.625. The van der Waals surface area contributed by atoms with Crippen LogP contribution < -0.4 is 4.74 Å². The zero-order valence-electron chi connectivity index (χ0n) is 13.1. The number of methoxy groups -OCH3 is 1. The van der Waals surface area contributed by atoms with Crippen molar-refractivity contribution in [2.24, 2.45) is 0 Å². The SMILES string of the molecule is COc1ccc(C(C)(C)C)cc1C(Cl)CN(C)CCO. The lowest BCUT2D eigenvalue weighted by Crippen LogP contribution is -2.26. The van der Waals surface area contributed by atoms with E-state index in [-0.39, 0.29) is 17.4 Å². The van der Waals surface area contributed by atoms with Crippen molar-refractivity contribution in [3.63, 3.8) is 0 Å². The van der Waals surface area contributed by atoms with Gasteiger partial charge in [0.1, 0.15) is 5.75 Å². The number of rotatable bonds is 6. The molecule has 0 saturated carbocycles. The Hall–Kier alpha value is -0.770. The maximum atomic E-state index is 8.96. The van der Waals surface area contributed by atoms with Crippen molar-refractivity contribution in [2.75, 3.05) is 33.9 Å². The molecule has 1 aromatic carbocycles. The Morgan fingerprint density at radius 2 is 2.00 bits per heavy atom. The Morgan fingerprint density at radius 3 is 2.50 bits per heavy atom. The van der Waals surface area contributed by atoms with E-state index in [0.717, 1.165) is 11.3 Å². The standard InChI is InChI=1S/C16H26ClNO2/c1-16(2,3)12-6-7-15(20-5)13(10-12)14(17)11-18(4)8-9-19/h6-7,10,14,19H,8-9,11H2,1-5H3. The van der Waals surface area contributed by atoms with Gasteiger partial charge < -0.3 is 14.7 Å². The topological polar surface area (TPSA) is 32.7 Å². The van der Waals surface area contributed by atoms with E-state index in [2.05, 4.69) is 32.9 Å². The predicted molar refractivity (Wildman–Crippen MR) is 84.9 cm³/mol. The highest BCUT2D eigenvalue weighted by molar-refractivity contribution is 6.21. The molecule has 0 spiro atoms. The van der Waals surface area contributed by atoms with Crippen LogP contribution in [-0.4, -0.2) is 43.9 Å². The minimum atomic E-state index is -0.163. The molecule has 0 aliphatic rings. The first-order valence-electron chi connectivity index (χ1n) is 6.91. The number of hydrogen-bond donors (Lipinski definition) is 1. The predicted octanol–water partition coefficient (Wildman–Crippen LogP) is 3.20. The molecule has 1 N–H and O–H groups in total. The molecule has 0 heterocycles. The normalized spacial score (nSPS) is 13.6. The van der Waals surface area contributed by atoms with E-state index in [1.54, 1.807) is 7.11 Å². The summed E-state index contributed by atoms with van der Waals surface area (Å²) in [5, 5.41) is 8.80. The second kappa shape index (κ2) is 7.30. The van der Waals surface area contributed by atoms with E-state index >= 15 is 0 Å². The number of alkyl halides is 1. The van der Waals surface area contributed by atoms with Crippen LogP contribution in [0.25, 0.3) is 0 Å². The van der Waals surface area contributed by atoms with Crippen LogP contribution in [0.15, 0.2) is 18.2 Å². The van der Waals surface area contributed by atoms with Gasteiger partial charge in [0.25, 0.3) is 0 Å². The van der Waals surface area contributed by atoms with Crippen LogP contribution in [0.3, 0.4) is 0 Å². The number of benzene rings is 1. The van der Waals surface area contributed by atoms with Gasteiger partial charge in [0.15, 0.2) is 0 Å². The van der Waals surface area contributed by atoms with Gasteiger partial charge in [-0.3, -0.25) is 0 Å². The molecule has 0 fully saturated rings. The smallest absolute Gasteiger partial charge is 0.123 e. The third-order valence-corrected chi connectivity index (χ3v) is 3.76. The van der Waals surface area contributed by atoms with Gasteiger partial charge in [-0.25, -0.2) is 0 Å². The average Bonchev–Trinajstić information content (AvgIpc) is 2.37. The number of likely N-dealkylation sites (N-methyl/N-ethyl adjacent to an activating group) is 1. The summed E-state index contributed by atoms with van der Waals surface area (Å²) in [6.45, 7) is 7.97. The maximum absolute atomic E-state index is 8.96. The zero-order valence-corrected chi connectivity index (χ0v) is 13.9. The summed E-state index contributed by atoms with van der Waals surface area (Å²) in [7, 11) is 3.61. The highest BCUT2D eigenvalue weighted by Gasteiger charge is 2.20. The third kappa shape index (κ3) is 4.65. The summed E-state index contributed by atoms with van der Waals surface area (Å²) in [5.41, 5.74) is 2.32. The second-order valence-corrected chi connectivity index (χ2v) is 6.69. The summed E-state index contributed by atoms with van der Waals surface area (Å²) >= 11 is 6.54. The van der Waals surface area contributed by atoms with Crippen LogP contribution in [0.4, 0.5) is 0 Å². The van der Waals surface area contributed by atoms with E-state index in [1.807, 2.05) is 18.0 Å². The maximum Gasteiger partial charge on any atom is 0.123 e. The highest BCUT2D eigenvalue weighted by atomic mass is 35.5. The van der Waals surface area contributed by atoms with Gasteiger partial charge in [-0.1, -0.05) is 32.9 Å². The fourth-order valence-electron chi connectivity index (χ4n) is 2.08. The van der Waals surface area contributed by atoms with Gasteiger partial charge in [-0.05, 0) is 24.1 Å². The molecule has 3 nitrogen and oxygen atoms in total. The molecule has 1 unspecified atom stereocenters. The number of aliphatic hydroxyl groups excluding tert-OH is 1. The molecule has 1 rings (SSSR count). The first kappa shape index (κ1) is 17.3. The molecule has 0 aliphatic carbocycles. The lowest BCUT2D eigenvalue weighted by Gasteiger charge is -2.24. The fourth-order valence-corrected chi connectivity index (χ4v) is 2.49. The van der Waals surface area contributed by atoms with Crippen LogP contribution in [0.1, 0.15) is 37.3 Å². The molecule has 0 radical (unpaired) electrons. The zero-order chi connectivity index (χ0) is 15.3. The quantitative estimate of drug-likeness (QED) is 0.819. The van der Waals surface area contributed by atoms with Crippen molar-refractivity contribution in [3.05, 3.63) is 29.3 Å². The Balaban J connectivity index is 3.01. The summed E-state index contributed by atoms with van der Waals surface area (Å²) < 4.78 is 5.42. The first-order valence-corrected chi connectivity index (χ1v) is 7.35. The molecule has 1 aromatic rings. The second-order valence-electron chi connectivity index (χ2n) is 6.16. The molecule has 0 amide bonds. The van der Waals surface area contributed by atoms with Crippen molar-refractivity contribution < 1.29 is 9.84 Å². The lowest BCUT2D eigenvalue weighted by molar-refractivity contribution is 0.221. The van der Waals surface area contributed by atoms with Gasteiger partial charge in [0, 0.05) is 18.7 Å². The molecule has 114 valence electrons. The van der Waals surface area contributed by atoms with Crippen molar-refractivity contribution >= 4 is 11.6 Å². The Labute approximate surface area is 127 Å². The van der Waals surface area contributed by atoms with Crippen LogP contribution >= 0.6 is 11.6 Å². The van der Waals surface area contributed by atoms with Crippen molar-refractivity contribution in [3.8, 4) is 5.75 Å². The average molecular weight is 300 g/mol. The minimum Gasteiger partial charge on any atom is -0.496 e. The van der Waals surface area contributed by atoms with Gasteiger partial charge in [0.05, 0.1) is 19.1 Å². The lowest BCUT2D eigenvalue weighted by atomic mass is 9.85. The number of ether oxygens (including phenoxy) is 1. The summed E-state index contributed by atoms with van der Waals surface area (Å²) in [4.78, 5) is 2.01. The Morgan fingerprint density at radius 1 is 1.35 bits per heavy atom. The van der Waals surface area contributed by atoms with Crippen LogP contribution in [0.5, 0.6) is 5.75 Å². The molecule has 0 aliphatic heterocycles. The molecular formula is C16H26ClNO2. The van der Waals surface area contributed by atoms with E-state index < -0.39 is 0 Å². The van der Waals surface area contributed by atoms with Gasteiger partial charge in [0.2, 0.25) is 0 Å². The summed E-state index contributed by atoms with van der Waals surface area (Å²) in [6.07, 6.45) is 0. The van der Waals surface area contributed by atoms with E-state index in [0.29, 0.717) is 13.1 Å². The van der Waals surface area contributed by atoms with Gasteiger partial charge in [-0.15, -0.1) is 11.6 Å². The van der Waals surface area contributed by atoms with Crippen LogP contribution in [-0.2, 0) is 5.41 Å². The molecule has 20 heavy (non-hydrogen) atoms.